The van der Waals surface area contributed by atoms with Crippen LogP contribution in [0.2, 0.25) is 0 Å². The fourth-order valence-corrected chi connectivity index (χ4v) is 4.21. The van der Waals surface area contributed by atoms with E-state index in [4.69, 9.17) is 16.6 Å². The lowest BCUT2D eigenvalue weighted by molar-refractivity contribution is 0.464. The van der Waals surface area contributed by atoms with Crippen molar-refractivity contribution >= 4 is 22.9 Å². The Labute approximate surface area is 130 Å². The van der Waals surface area contributed by atoms with Crippen molar-refractivity contribution in [1.29, 1.82) is 0 Å². The van der Waals surface area contributed by atoms with Gasteiger partial charge in [0.2, 0.25) is 0 Å². The molecule has 2 aromatic rings. The van der Waals surface area contributed by atoms with E-state index < -0.39 is 0 Å². The highest BCUT2D eigenvalue weighted by Gasteiger charge is 2.23. The first-order chi connectivity index (χ1) is 9.83. The molecule has 0 bridgehead atoms. The normalized spacial score (nSPS) is 23.4. The Morgan fingerprint density at radius 3 is 2.75 bits per heavy atom. The minimum absolute atomic E-state index is 0.335. The van der Waals surface area contributed by atoms with Crippen molar-refractivity contribution in [2.75, 3.05) is 0 Å². The molecule has 1 heterocycles. The average molecular weight is 306 g/mol. The molecule has 2 atom stereocenters. The molecule has 106 valence electrons. The number of nitrogens with zero attached hydrogens (tertiary/aromatic N) is 1. The van der Waals surface area contributed by atoms with Crippen LogP contribution in [-0.2, 0) is 6.42 Å². The van der Waals surface area contributed by atoms with Gasteiger partial charge in [0.1, 0.15) is 0 Å². The summed E-state index contributed by atoms with van der Waals surface area (Å²) < 4.78 is 0. The molecule has 1 aliphatic carbocycles. The second kappa shape index (κ2) is 6.73. The van der Waals surface area contributed by atoms with Crippen LogP contribution in [0.3, 0.4) is 0 Å². The topological polar surface area (TPSA) is 12.9 Å². The Morgan fingerprint density at radius 2 is 1.90 bits per heavy atom. The first-order valence-corrected chi connectivity index (χ1v) is 8.78. The summed E-state index contributed by atoms with van der Waals surface area (Å²) in [6.07, 6.45) is 7.43. The summed E-state index contributed by atoms with van der Waals surface area (Å²) in [7, 11) is 0. The van der Waals surface area contributed by atoms with Gasteiger partial charge in [0, 0.05) is 22.7 Å². The highest BCUT2D eigenvalue weighted by molar-refractivity contribution is 7.09. The van der Waals surface area contributed by atoms with Gasteiger partial charge in [0.05, 0.1) is 10.7 Å². The van der Waals surface area contributed by atoms with Gasteiger partial charge in [-0.1, -0.05) is 49.6 Å². The zero-order valence-corrected chi connectivity index (χ0v) is 13.2. The van der Waals surface area contributed by atoms with Gasteiger partial charge in [-0.05, 0) is 18.8 Å². The molecule has 0 spiro atoms. The molecular weight excluding hydrogens is 286 g/mol. The summed E-state index contributed by atoms with van der Waals surface area (Å²) in [6.45, 7) is 0. The highest BCUT2D eigenvalue weighted by atomic mass is 35.5. The number of aromatic nitrogens is 1. The van der Waals surface area contributed by atoms with Gasteiger partial charge in [0.25, 0.3) is 0 Å². The first-order valence-electron chi connectivity index (χ1n) is 7.47. The number of rotatable bonds is 3. The minimum Gasteiger partial charge on any atom is -0.241 e. The van der Waals surface area contributed by atoms with Crippen molar-refractivity contribution in [2.24, 2.45) is 5.92 Å². The predicted molar refractivity (Wildman–Crippen MR) is 87.5 cm³/mol. The van der Waals surface area contributed by atoms with Gasteiger partial charge in [-0.2, -0.15) is 0 Å². The fraction of sp³-hybridized carbons (Fsp3) is 0.471. The zero-order valence-electron chi connectivity index (χ0n) is 11.6. The molecule has 1 aliphatic rings. The molecule has 1 nitrogen and oxygen atoms in total. The third kappa shape index (κ3) is 3.42. The van der Waals surface area contributed by atoms with Crippen molar-refractivity contribution in [3.63, 3.8) is 0 Å². The van der Waals surface area contributed by atoms with E-state index in [1.165, 1.54) is 42.7 Å². The van der Waals surface area contributed by atoms with Crippen LogP contribution in [0.15, 0.2) is 35.7 Å². The SMILES string of the molecule is ClC1CCCCCC1Cc1nc(-c2ccccc2)cs1. The largest absolute Gasteiger partial charge is 0.241 e. The summed E-state index contributed by atoms with van der Waals surface area (Å²) >= 11 is 8.31. The maximum atomic E-state index is 6.54. The molecule has 0 saturated heterocycles. The molecule has 3 rings (SSSR count). The summed E-state index contributed by atoms with van der Waals surface area (Å²) in [6, 6.07) is 10.4. The van der Waals surface area contributed by atoms with Crippen molar-refractivity contribution < 1.29 is 0 Å². The maximum absolute atomic E-state index is 6.54. The van der Waals surface area contributed by atoms with Gasteiger partial charge in [-0.25, -0.2) is 4.98 Å². The Balaban J connectivity index is 1.71. The summed E-state index contributed by atoms with van der Waals surface area (Å²) in [5.74, 6) is 0.606. The zero-order chi connectivity index (χ0) is 13.8. The number of hydrogen-bond donors (Lipinski definition) is 0. The maximum Gasteiger partial charge on any atom is 0.0935 e. The van der Waals surface area contributed by atoms with E-state index in [-0.39, 0.29) is 0 Å². The summed E-state index contributed by atoms with van der Waals surface area (Å²) in [5, 5.41) is 3.74. The van der Waals surface area contributed by atoms with Crippen LogP contribution >= 0.6 is 22.9 Å². The third-order valence-electron chi connectivity index (χ3n) is 4.12. The Kier molecular flexibility index (Phi) is 4.74. The second-order valence-electron chi connectivity index (χ2n) is 5.61. The van der Waals surface area contributed by atoms with Crippen LogP contribution in [0.5, 0.6) is 0 Å². The average Bonchev–Trinajstić information content (AvgIpc) is 2.86. The van der Waals surface area contributed by atoms with Gasteiger partial charge in [-0.3, -0.25) is 0 Å². The van der Waals surface area contributed by atoms with E-state index in [2.05, 4.69) is 29.6 Å². The van der Waals surface area contributed by atoms with Gasteiger partial charge in [0.15, 0.2) is 0 Å². The summed E-state index contributed by atoms with van der Waals surface area (Å²) in [5.41, 5.74) is 2.31. The number of benzene rings is 1. The quantitative estimate of drug-likeness (QED) is 0.536. The van der Waals surface area contributed by atoms with Crippen molar-refractivity contribution in [3.05, 3.63) is 40.7 Å². The van der Waals surface area contributed by atoms with Crippen molar-refractivity contribution in [1.82, 2.24) is 4.98 Å². The monoisotopic (exact) mass is 305 g/mol. The third-order valence-corrected chi connectivity index (χ3v) is 5.57. The molecule has 2 unspecified atom stereocenters. The Morgan fingerprint density at radius 1 is 1.10 bits per heavy atom. The van der Waals surface area contributed by atoms with Crippen LogP contribution in [0.25, 0.3) is 11.3 Å². The van der Waals surface area contributed by atoms with E-state index in [1.807, 2.05) is 6.07 Å². The lowest BCUT2D eigenvalue weighted by atomic mass is 9.96. The molecule has 1 aromatic heterocycles. The molecule has 3 heteroatoms. The van der Waals surface area contributed by atoms with E-state index in [9.17, 15) is 0 Å². The first kappa shape index (κ1) is 14.1. The molecule has 0 N–H and O–H groups in total. The number of halogens is 1. The van der Waals surface area contributed by atoms with Gasteiger partial charge >= 0.3 is 0 Å². The summed E-state index contributed by atoms with van der Waals surface area (Å²) in [4.78, 5) is 4.80. The van der Waals surface area contributed by atoms with Crippen LogP contribution < -0.4 is 0 Å². The van der Waals surface area contributed by atoms with E-state index in [1.54, 1.807) is 11.3 Å². The van der Waals surface area contributed by atoms with Crippen LogP contribution in [0.4, 0.5) is 0 Å². The van der Waals surface area contributed by atoms with Crippen LogP contribution in [0, 0.1) is 5.92 Å². The molecule has 20 heavy (non-hydrogen) atoms. The lowest BCUT2D eigenvalue weighted by Gasteiger charge is -2.17. The van der Waals surface area contributed by atoms with E-state index >= 15 is 0 Å². The lowest BCUT2D eigenvalue weighted by Crippen LogP contribution is -2.15. The molecule has 0 radical (unpaired) electrons. The van der Waals surface area contributed by atoms with Gasteiger partial charge < -0.3 is 0 Å². The Bertz CT molecular complexity index is 537. The van der Waals surface area contributed by atoms with E-state index in [0.29, 0.717) is 11.3 Å². The Hall–Kier alpha value is -0.860. The molecule has 1 fully saturated rings. The number of thiazole rings is 1. The van der Waals surface area contributed by atoms with Crippen molar-refractivity contribution in [2.45, 2.75) is 43.9 Å². The van der Waals surface area contributed by atoms with Gasteiger partial charge in [-0.15, -0.1) is 22.9 Å². The highest BCUT2D eigenvalue weighted by Crippen LogP contribution is 2.32. The second-order valence-corrected chi connectivity index (χ2v) is 7.11. The molecular formula is C17H20ClNS. The minimum atomic E-state index is 0.335. The predicted octanol–water partition coefficient (Wildman–Crippen LogP) is 5.54. The van der Waals surface area contributed by atoms with Crippen molar-refractivity contribution in [3.8, 4) is 11.3 Å². The molecule has 0 amide bonds. The standard InChI is InChI=1S/C17H20ClNS/c18-15-10-6-2-5-9-14(15)11-17-19-16(12-20-17)13-7-3-1-4-8-13/h1,3-4,7-8,12,14-15H,2,5-6,9-11H2. The van der Waals surface area contributed by atoms with Crippen LogP contribution in [-0.4, -0.2) is 10.4 Å². The smallest absolute Gasteiger partial charge is 0.0935 e. The molecule has 0 aliphatic heterocycles. The van der Waals surface area contributed by atoms with Crippen LogP contribution in [0.1, 0.15) is 37.1 Å². The fourth-order valence-electron chi connectivity index (χ4n) is 2.94. The number of alkyl halides is 1. The molecule has 1 saturated carbocycles. The van der Waals surface area contributed by atoms with E-state index in [0.717, 1.165) is 12.1 Å². The number of hydrogen-bond acceptors (Lipinski definition) is 2. The molecule has 1 aromatic carbocycles.